The molecule has 0 heterocycles. The zero-order valence-electron chi connectivity index (χ0n) is 5.72. The summed E-state index contributed by atoms with van der Waals surface area (Å²) in [6.07, 6.45) is 6.72. The van der Waals surface area contributed by atoms with Gasteiger partial charge < -0.3 is 0 Å². The van der Waals surface area contributed by atoms with E-state index in [1.54, 1.807) is 18.1 Å². The Hall–Kier alpha value is -1.07. The second kappa shape index (κ2) is 5.07. The van der Waals surface area contributed by atoms with Crippen molar-refractivity contribution in [1.82, 2.24) is 0 Å². The largest absolute Gasteiger partial charge is 0.234 e. The zero-order chi connectivity index (χ0) is 7.11. The molecule has 0 aliphatic heterocycles. The molecule has 0 spiro atoms. The molecule has 0 aromatic heterocycles. The second-order valence-corrected chi connectivity index (χ2v) is 1.91. The summed E-state index contributed by atoms with van der Waals surface area (Å²) >= 11 is 0. The molecular formula is C8H10O. The van der Waals surface area contributed by atoms with Gasteiger partial charge in [-0.3, -0.25) is 0 Å². The van der Waals surface area contributed by atoms with Gasteiger partial charge in [0, 0.05) is 6.08 Å². The highest BCUT2D eigenvalue weighted by atomic mass is 16.1. The Morgan fingerprint density at radius 2 is 2.00 bits per heavy atom. The molecule has 0 aromatic carbocycles. The van der Waals surface area contributed by atoms with Gasteiger partial charge in [0.05, 0.1) is 0 Å². The number of carbonyl (C=O) groups excluding carboxylic acids is 1. The number of rotatable bonds is 2. The number of allylic oxidation sites excluding steroid dienone is 5. The molecule has 0 saturated carbocycles. The van der Waals surface area contributed by atoms with E-state index in [-0.39, 0.29) is 0 Å². The monoisotopic (exact) mass is 122 g/mol. The van der Waals surface area contributed by atoms with Crippen LogP contribution in [0.4, 0.5) is 0 Å². The van der Waals surface area contributed by atoms with Gasteiger partial charge in [-0.25, -0.2) is 4.79 Å². The second-order valence-electron chi connectivity index (χ2n) is 1.91. The van der Waals surface area contributed by atoms with E-state index in [1.165, 1.54) is 11.6 Å². The molecule has 1 nitrogen and oxygen atoms in total. The SMILES string of the molecule is CC(C)=C/C=C\C=C=O. The summed E-state index contributed by atoms with van der Waals surface area (Å²) in [7, 11) is 0. The molecule has 0 atom stereocenters. The van der Waals surface area contributed by atoms with Crippen molar-refractivity contribution in [1.29, 1.82) is 0 Å². The summed E-state index contributed by atoms with van der Waals surface area (Å²) in [5.41, 5.74) is 1.21. The molecular weight excluding hydrogens is 112 g/mol. The van der Waals surface area contributed by atoms with Crippen molar-refractivity contribution >= 4 is 5.94 Å². The minimum atomic E-state index is 1.21. The highest BCUT2D eigenvalue weighted by Gasteiger charge is 1.67. The van der Waals surface area contributed by atoms with Crippen LogP contribution in [0.3, 0.4) is 0 Å². The first-order valence-electron chi connectivity index (χ1n) is 2.78. The molecule has 0 unspecified atom stereocenters. The van der Waals surface area contributed by atoms with Gasteiger partial charge in [-0.2, -0.15) is 0 Å². The Morgan fingerprint density at radius 3 is 2.44 bits per heavy atom. The third-order valence-corrected chi connectivity index (χ3v) is 0.705. The Kier molecular flexibility index (Phi) is 4.47. The number of hydrogen-bond acceptors (Lipinski definition) is 1. The fourth-order valence-corrected chi connectivity index (χ4v) is 0.343. The Labute approximate surface area is 55.4 Å². The van der Waals surface area contributed by atoms with Crippen LogP contribution >= 0.6 is 0 Å². The standard InChI is InChI=1S/C8H10O/c1-8(2)6-4-3-5-7-9/h3-6H,1-2H3/b4-3-. The molecule has 0 aromatic rings. The smallest absolute Gasteiger partial charge is 0.124 e. The molecule has 1 heteroatoms. The van der Waals surface area contributed by atoms with Crippen molar-refractivity contribution in [3.8, 4) is 0 Å². The molecule has 0 fully saturated rings. The van der Waals surface area contributed by atoms with Crippen LogP contribution in [0.5, 0.6) is 0 Å². The number of hydrogen-bond donors (Lipinski definition) is 0. The van der Waals surface area contributed by atoms with Crippen LogP contribution in [0.2, 0.25) is 0 Å². The maximum absolute atomic E-state index is 9.60. The molecule has 0 amide bonds. The van der Waals surface area contributed by atoms with E-state index in [2.05, 4.69) is 0 Å². The molecule has 0 rings (SSSR count). The maximum atomic E-state index is 9.60. The van der Waals surface area contributed by atoms with Gasteiger partial charge in [-0.15, -0.1) is 0 Å². The molecule has 9 heavy (non-hydrogen) atoms. The summed E-state index contributed by atoms with van der Waals surface area (Å²) in [6.45, 7) is 3.99. The first kappa shape index (κ1) is 7.93. The fourth-order valence-electron chi connectivity index (χ4n) is 0.343. The molecule has 0 radical (unpaired) electrons. The van der Waals surface area contributed by atoms with Crippen molar-refractivity contribution in [2.75, 3.05) is 0 Å². The van der Waals surface area contributed by atoms with Crippen molar-refractivity contribution in [3.63, 3.8) is 0 Å². The molecule has 0 bridgehead atoms. The summed E-state index contributed by atoms with van der Waals surface area (Å²) in [5.74, 6) is 1.65. The van der Waals surface area contributed by atoms with Gasteiger partial charge in [-0.05, 0) is 13.8 Å². The normalized spacial score (nSPS) is 8.67. The summed E-state index contributed by atoms with van der Waals surface area (Å²) < 4.78 is 0. The van der Waals surface area contributed by atoms with E-state index >= 15 is 0 Å². The zero-order valence-corrected chi connectivity index (χ0v) is 5.72. The van der Waals surface area contributed by atoms with Crippen LogP contribution in [0, 0.1) is 0 Å². The third kappa shape index (κ3) is 6.93. The predicted molar refractivity (Wildman–Crippen MR) is 38.8 cm³/mol. The van der Waals surface area contributed by atoms with Crippen LogP contribution in [-0.2, 0) is 4.79 Å². The Morgan fingerprint density at radius 1 is 1.33 bits per heavy atom. The average Bonchev–Trinajstić information content (AvgIpc) is 1.80. The van der Waals surface area contributed by atoms with E-state index in [4.69, 9.17) is 0 Å². The quantitative estimate of drug-likeness (QED) is 0.404. The van der Waals surface area contributed by atoms with E-state index in [1.807, 2.05) is 19.9 Å². The highest BCUT2D eigenvalue weighted by Crippen LogP contribution is 1.87. The lowest BCUT2D eigenvalue weighted by Crippen LogP contribution is -1.57. The third-order valence-electron chi connectivity index (χ3n) is 0.705. The van der Waals surface area contributed by atoms with Crippen molar-refractivity contribution in [3.05, 3.63) is 29.9 Å². The summed E-state index contributed by atoms with van der Waals surface area (Å²) in [6, 6.07) is 0. The van der Waals surface area contributed by atoms with E-state index < -0.39 is 0 Å². The van der Waals surface area contributed by atoms with Crippen LogP contribution in [-0.4, -0.2) is 5.94 Å². The van der Waals surface area contributed by atoms with Gasteiger partial charge in [0.1, 0.15) is 5.94 Å². The lowest BCUT2D eigenvalue weighted by Gasteiger charge is -1.78. The molecule has 0 aliphatic rings. The van der Waals surface area contributed by atoms with Gasteiger partial charge in [0.2, 0.25) is 0 Å². The van der Waals surface area contributed by atoms with Crippen LogP contribution < -0.4 is 0 Å². The topological polar surface area (TPSA) is 17.1 Å². The Bertz CT molecular complexity index is 165. The first-order chi connectivity index (χ1) is 4.27. The Balaban J connectivity index is 3.73. The summed E-state index contributed by atoms with van der Waals surface area (Å²) in [5, 5.41) is 0. The van der Waals surface area contributed by atoms with E-state index in [9.17, 15) is 4.79 Å². The van der Waals surface area contributed by atoms with Crippen molar-refractivity contribution in [2.45, 2.75) is 13.8 Å². The van der Waals surface area contributed by atoms with Gasteiger partial charge >= 0.3 is 0 Å². The van der Waals surface area contributed by atoms with Crippen molar-refractivity contribution in [2.24, 2.45) is 0 Å². The van der Waals surface area contributed by atoms with E-state index in [0.717, 1.165) is 0 Å². The fraction of sp³-hybridized carbons (Fsp3) is 0.250. The molecule has 0 N–H and O–H groups in total. The van der Waals surface area contributed by atoms with Crippen LogP contribution in [0.25, 0.3) is 0 Å². The maximum Gasteiger partial charge on any atom is 0.124 e. The minimum absolute atomic E-state index is 1.21. The average molecular weight is 122 g/mol. The molecule has 48 valence electrons. The van der Waals surface area contributed by atoms with Gasteiger partial charge in [-0.1, -0.05) is 23.8 Å². The van der Waals surface area contributed by atoms with Crippen molar-refractivity contribution < 1.29 is 4.79 Å². The lowest BCUT2D eigenvalue weighted by atomic mass is 10.3. The first-order valence-corrected chi connectivity index (χ1v) is 2.78. The minimum Gasteiger partial charge on any atom is -0.234 e. The lowest BCUT2D eigenvalue weighted by molar-refractivity contribution is 0.569. The van der Waals surface area contributed by atoms with Crippen LogP contribution in [0.1, 0.15) is 13.8 Å². The summed E-state index contributed by atoms with van der Waals surface area (Å²) in [4.78, 5) is 9.60. The predicted octanol–water partition coefficient (Wildman–Crippen LogP) is 1.90. The molecule has 0 aliphatic carbocycles. The highest BCUT2D eigenvalue weighted by molar-refractivity contribution is 5.48. The molecule has 0 saturated heterocycles. The van der Waals surface area contributed by atoms with Gasteiger partial charge in [0.15, 0.2) is 0 Å². The van der Waals surface area contributed by atoms with Gasteiger partial charge in [0.25, 0.3) is 0 Å². The van der Waals surface area contributed by atoms with Crippen LogP contribution in [0.15, 0.2) is 29.9 Å². The van der Waals surface area contributed by atoms with E-state index in [0.29, 0.717) is 0 Å².